The molecule has 102 valence electrons. The first-order valence-electron chi connectivity index (χ1n) is 6.67. The summed E-state index contributed by atoms with van der Waals surface area (Å²) in [5.41, 5.74) is 2.72. The van der Waals surface area contributed by atoms with E-state index in [1.54, 1.807) is 7.11 Å². The van der Waals surface area contributed by atoms with Crippen molar-refractivity contribution in [3.63, 3.8) is 0 Å². The fourth-order valence-corrected chi connectivity index (χ4v) is 2.83. The number of nitrogens with one attached hydrogen (secondary N) is 1. The van der Waals surface area contributed by atoms with Gasteiger partial charge in [0.05, 0.1) is 24.4 Å². The fraction of sp³-hybridized carbons (Fsp3) is 1.00. The van der Waals surface area contributed by atoms with Crippen molar-refractivity contribution in [3.8, 4) is 0 Å². The highest BCUT2D eigenvalue weighted by molar-refractivity contribution is 4.96. The van der Waals surface area contributed by atoms with Crippen LogP contribution < -0.4 is 11.3 Å². The zero-order chi connectivity index (χ0) is 12.9. The van der Waals surface area contributed by atoms with Gasteiger partial charge in [-0.3, -0.25) is 11.3 Å². The topological polar surface area (TPSA) is 56.5 Å². The van der Waals surface area contributed by atoms with Gasteiger partial charge in [-0.05, 0) is 32.6 Å². The van der Waals surface area contributed by atoms with E-state index in [4.69, 9.17) is 15.3 Å². The maximum Gasteiger partial charge on any atom is 0.0869 e. The maximum absolute atomic E-state index is 5.81. The number of rotatable bonds is 6. The van der Waals surface area contributed by atoms with Crippen LogP contribution in [0.3, 0.4) is 0 Å². The Balaban J connectivity index is 2.66. The summed E-state index contributed by atoms with van der Waals surface area (Å²) in [6.45, 7) is 6.96. The van der Waals surface area contributed by atoms with Crippen molar-refractivity contribution in [3.05, 3.63) is 0 Å². The van der Waals surface area contributed by atoms with Crippen LogP contribution >= 0.6 is 0 Å². The zero-order valence-corrected chi connectivity index (χ0v) is 11.7. The van der Waals surface area contributed by atoms with Crippen molar-refractivity contribution < 1.29 is 9.47 Å². The van der Waals surface area contributed by atoms with E-state index in [-0.39, 0.29) is 17.7 Å². The number of methoxy groups -OCH3 is 1. The molecule has 1 saturated carbocycles. The second-order valence-corrected chi connectivity index (χ2v) is 5.57. The minimum atomic E-state index is -0.165. The van der Waals surface area contributed by atoms with Gasteiger partial charge in [-0.2, -0.15) is 0 Å². The van der Waals surface area contributed by atoms with E-state index in [0.29, 0.717) is 12.5 Å². The second kappa shape index (κ2) is 6.69. The van der Waals surface area contributed by atoms with E-state index in [1.165, 1.54) is 12.8 Å². The molecule has 0 aromatic rings. The van der Waals surface area contributed by atoms with E-state index in [2.05, 4.69) is 12.3 Å². The van der Waals surface area contributed by atoms with E-state index in [0.717, 1.165) is 12.8 Å². The van der Waals surface area contributed by atoms with Gasteiger partial charge >= 0.3 is 0 Å². The van der Waals surface area contributed by atoms with Crippen LogP contribution in [0.4, 0.5) is 0 Å². The van der Waals surface area contributed by atoms with Gasteiger partial charge in [-0.1, -0.05) is 19.8 Å². The minimum Gasteiger partial charge on any atom is -0.377 e. The lowest BCUT2D eigenvalue weighted by Gasteiger charge is -2.44. The molecule has 0 spiro atoms. The Morgan fingerprint density at radius 2 is 2.18 bits per heavy atom. The summed E-state index contributed by atoms with van der Waals surface area (Å²) in [4.78, 5) is 0. The molecule has 3 unspecified atom stereocenters. The molecular weight excluding hydrogens is 216 g/mol. The molecule has 3 atom stereocenters. The van der Waals surface area contributed by atoms with Gasteiger partial charge in [0.15, 0.2) is 0 Å². The maximum atomic E-state index is 5.81. The van der Waals surface area contributed by atoms with Gasteiger partial charge in [-0.15, -0.1) is 0 Å². The van der Waals surface area contributed by atoms with Crippen LogP contribution in [0.5, 0.6) is 0 Å². The highest BCUT2D eigenvalue weighted by Crippen LogP contribution is 2.37. The van der Waals surface area contributed by atoms with Gasteiger partial charge in [0.1, 0.15) is 0 Å². The van der Waals surface area contributed by atoms with Crippen molar-refractivity contribution in [2.24, 2.45) is 11.8 Å². The summed E-state index contributed by atoms with van der Waals surface area (Å²) < 4.78 is 11.5. The SMILES string of the molecule is COC1(C(COC(C)C)NN)CCCC(C)C1. The molecule has 0 bridgehead atoms. The van der Waals surface area contributed by atoms with Crippen molar-refractivity contribution in [1.29, 1.82) is 0 Å². The predicted molar refractivity (Wildman–Crippen MR) is 69.6 cm³/mol. The number of hydrogen-bond donors (Lipinski definition) is 2. The molecular formula is C13H28N2O2. The van der Waals surface area contributed by atoms with E-state index >= 15 is 0 Å². The van der Waals surface area contributed by atoms with Crippen LogP contribution in [0.1, 0.15) is 46.5 Å². The lowest BCUT2D eigenvalue weighted by molar-refractivity contribution is -0.101. The Hall–Kier alpha value is -0.160. The second-order valence-electron chi connectivity index (χ2n) is 5.57. The molecule has 0 saturated heterocycles. The first kappa shape index (κ1) is 14.9. The summed E-state index contributed by atoms with van der Waals surface area (Å²) in [7, 11) is 1.79. The van der Waals surface area contributed by atoms with Crippen LogP contribution in [0.15, 0.2) is 0 Å². The molecule has 1 rings (SSSR count). The third-order valence-corrected chi connectivity index (χ3v) is 3.83. The van der Waals surface area contributed by atoms with Crippen LogP contribution in [0.25, 0.3) is 0 Å². The van der Waals surface area contributed by atoms with Gasteiger partial charge < -0.3 is 9.47 Å². The Kier molecular flexibility index (Phi) is 5.86. The lowest BCUT2D eigenvalue weighted by atomic mass is 9.75. The van der Waals surface area contributed by atoms with Crippen LogP contribution in [0, 0.1) is 5.92 Å². The monoisotopic (exact) mass is 244 g/mol. The average Bonchev–Trinajstić information content (AvgIpc) is 2.29. The normalized spacial score (nSPS) is 31.8. The van der Waals surface area contributed by atoms with Gasteiger partial charge in [0.2, 0.25) is 0 Å². The molecule has 0 aromatic carbocycles. The van der Waals surface area contributed by atoms with Crippen molar-refractivity contribution in [2.45, 2.75) is 64.2 Å². The molecule has 1 aliphatic carbocycles. The molecule has 3 N–H and O–H groups in total. The highest BCUT2D eigenvalue weighted by Gasteiger charge is 2.42. The summed E-state index contributed by atoms with van der Waals surface area (Å²) in [5.74, 6) is 6.38. The van der Waals surface area contributed by atoms with Crippen molar-refractivity contribution >= 4 is 0 Å². The minimum absolute atomic E-state index is 0.0673. The van der Waals surface area contributed by atoms with Crippen LogP contribution in [-0.2, 0) is 9.47 Å². The summed E-state index contributed by atoms with van der Waals surface area (Å²) in [6, 6.07) is 0.0673. The molecule has 0 radical (unpaired) electrons. The summed E-state index contributed by atoms with van der Waals surface area (Å²) in [5, 5.41) is 0. The smallest absolute Gasteiger partial charge is 0.0869 e. The Morgan fingerprint density at radius 1 is 1.47 bits per heavy atom. The fourth-order valence-electron chi connectivity index (χ4n) is 2.83. The van der Waals surface area contributed by atoms with Gasteiger partial charge in [-0.25, -0.2) is 0 Å². The molecule has 0 amide bonds. The summed E-state index contributed by atoms with van der Waals surface area (Å²) in [6.07, 6.45) is 4.83. The average molecular weight is 244 g/mol. The Bertz CT molecular complexity index is 223. The van der Waals surface area contributed by atoms with Gasteiger partial charge in [0.25, 0.3) is 0 Å². The van der Waals surface area contributed by atoms with Crippen molar-refractivity contribution in [1.82, 2.24) is 5.43 Å². The molecule has 0 aromatic heterocycles. The third kappa shape index (κ3) is 3.91. The van der Waals surface area contributed by atoms with Gasteiger partial charge in [0, 0.05) is 7.11 Å². The highest BCUT2D eigenvalue weighted by atomic mass is 16.5. The van der Waals surface area contributed by atoms with E-state index < -0.39 is 0 Å². The quantitative estimate of drug-likeness (QED) is 0.553. The molecule has 17 heavy (non-hydrogen) atoms. The molecule has 0 aliphatic heterocycles. The molecule has 0 heterocycles. The Labute approximate surface area is 105 Å². The number of nitrogens with two attached hydrogens (primary N) is 1. The standard InChI is InChI=1S/C13H28N2O2/c1-10(2)17-9-12(15-14)13(16-4)7-5-6-11(3)8-13/h10-12,15H,5-9,14H2,1-4H3. The lowest BCUT2D eigenvalue weighted by Crippen LogP contribution is -2.58. The Morgan fingerprint density at radius 3 is 2.65 bits per heavy atom. The van der Waals surface area contributed by atoms with Crippen LogP contribution in [-0.4, -0.2) is 31.5 Å². The number of hydrazine groups is 1. The number of hydrogen-bond acceptors (Lipinski definition) is 4. The van der Waals surface area contributed by atoms with E-state index in [1.807, 2.05) is 13.8 Å². The predicted octanol–water partition coefficient (Wildman–Crippen LogP) is 1.84. The number of ether oxygens (including phenoxy) is 2. The molecule has 4 heteroatoms. The zero-order valence-electron chi connectivity index (χ0n) is 11.7. The largest absolute Gasteiger partial charge is 0.377 e. The molecule has 1 fully saturated rings. The van der Waals surface area contributed by atoms with Crippen molar-refractivity contribution in [2.75, 3.05) is 13.7 Å². The first-order chi connectivity index (χ1) is 8.04. The van der Waals surface area contributed by atoms with Crippen LogP contribution in [0.2, 0.25) is 0 Å². The third-order valence-electron chi connectivity index (χ3n) is 3.83. The molecule has 1 aliphatic rings. The molecule has 4 nitrogen and oxygen atoms in total. The first-order valence-corrected chi connectivity index (χ1v) is 6.67. The summed E-state index contributed by atoms with van der Waals surface area (Å²) >= 11 is 0. The van der Waals surface area contributed by atoms with E-state index in [9.17, 15) is 0 Å².